The monoisotopic (exact) mass is 640 g/mol. The van der Waals surface area contributed by atoms with Gasteiger partial charge in [0, 0.05) is 18.4 Å². The highest BCUT2D eigenvalue weighted by Crippen LogP contribution is 2.38. The van der Waals surface area contributed by atoms with Gasteiger partial charge in [0.2, 0.25) is 0 Å². The SMILES string of the molecule is COC(=O)C(C)(Br)[C@H](O)[C@H](C)[C@H](OCc1ccccc1)[C@@H](C)CO[Si](c1ccccc1)(c1ccccc1)C(C)(C)C. The maximum absolute atomic E-state index is 12.5. The van der Waals surface area contributed by atoms with Gasteiger partial charge in [0.15, 0.2) is 0 Å². The number of hydrogen-bond donors (Lipinski definition) is 1. The first-order chi connectivity index (χ1) is 19.4. The molecule has 0 radical (unpaired) electrons. The Morgan fingerprint density at radius 3 is 1.76 bits per heavy atom. The van der Waals surface area contributed by atoms with E-state index in [1.54, 1.807) is 6.92 Å². The van der Waals surface area contributed by atoms with Crippen LogP contribution in [-0.4, -0.2) is 49.6 Å². The van der Waals surface area contributed by atoms with E-state index in [0.29, 0.717) is 13.2 Å². The van der Waals surface area contributed by atoms with Gasteiger partial charge in [-0.1, -0.05) is 142 Å². The predicted octanol–water partition coefficient (Wildman–Crippen LogP) is 6.11. The Kier molecular flexibility index (Phi) is 11.5. The molecule has 0 fully saturated rings. The number of carbonyl (C=O) groups is 1. The molecule has 0 aliphatic heterocycles. The molecule has 0 heterocycles. The van der Waals surface area contributed by atoms with E-state index in [1.807, 2.05) is 49.4 Å². The summed E-state index contributed by atoms with van der Waals surface area (Å²) in [4.78, 5) is 12.5. The van der Waals surface area contributed by atoms with Crippen LogP contribution in [0.4, 0.5) is 0 Å². The van der Waals surface area contributed by atoms with Crippen molar-refractivity contribution in [2.75, 3.05) is 13.7 Å². The van der Waals surface area contributed by atoms with Crippen molar-refractivity contribution in [3.63, 3.8) is 0 Å². The predicted molar refractivity (Wildman–Crippen MR) is 172 cm³/mol. The summed E-state index contributed by atoms with van der Waals surface area (Å²) in [5, 5.41) is 13.7. The highest BCUT2D eigenvalue weighted by Gasteiger charge is 2.51. The molecule has 1 N–H and O–H groups in total. The van der Waals surface area contributed by atoms with Crippen LogP contribution in [0, 0.1) is 11.8 Å². The Balaban J connectivity index is 1.98. The average Bonchev–Trinajstić information content (AvgIpc) is 2.97. The molecule has 3 aromatic carbocycles. The van der Waals surface area contributed by atoms with Gasteiger partial charge in [0.25, 0.3) is 8.32 Å². The number of benzene rings is 3. The summed E-state index contributed by atoms with van der Waals surface area (Å²) in [5.74, 6) is -1.05. The summed E-state index contributed by atoms with van der Waals surface area (Å²) in [7, 11) is -1.45. The lowest BCUT2D eigenvalue weighted by atomic mass is 9.84. The van der Waals surface area contributed by atoms with Crippen LogP contribution in [0.15, 0.2) is 91.0 Å². The summed E-state index contributed by atoms with van der Waals surface area (Å²) >= 11 is 3.44. The summed E-state index contributed by atoms with van der Waals surface area (Å²) in [5.41, 5.74) is 1.04. The number of aliphatic hydroxyl groups excluding tert-OH is 1. The number of carbonyl (C=O) groups excluding carboxylic acids is 1. The second kappa shape index (κ2) is 14.3. The zero-order valence-corrected chi connectivity index (χ0v) is 27.9. The molecule has 5 nitrogen and oxygen atoms in total. The minimum Gasteiger partial charge on any atom is -0.468 e. The minimum absolute atomic E-state index is 0.106. The molecule has 41 heavy (non-hydrogen) atoms. The van der Waals surface area contributed by atoms with Crippen LogP contribution in [0.1, 0.15) is 47.1 Å². The normalized spacial score (nSPS) is 16.7. The maximum atomic E-state index is 12.5. The number of alkyl halides is 1. The average molecular weight is 642 g/mol. The van der Waals surface area contributed by atoms with Gasteiger partial charge >= 0.3 is 5.97 Å². The van der Waals surface area contributed by atoms with Crippen LogP contribution in [0.2, 0.25) is 5.04 Å². The first-order valence-electron chi connectivity index (χ1n) is 14.2. The van der Waals surface area contributed by atoms with Crippen molar-refractivity contribution in [2.45, 2.75) is 69.7 Å². The fraction of sp³-hybridized carbons (Fsp3) is 0.441. The summed E-state index contributed by atoms with van der Waals surface area (Å²) in [6, 6.07) is 31.1. The highest BCUT2D eigenvalue weighted by atomic mass is 79.9. The molecule has 0 aromatic heterocycles. The molecule has 0 amide bonds. The molecule has 0 bridgehead atoms. The Morgan fingerprint density at radius 1 is 0.854 bits per heavy atom. The van der Waals surface area contributed by atoms with Gasteiger partial charge < -0.3 is 19.0 Å². The third kappa shape index (κ3) is 7.57. The van der Waals surface area contributed by atoms with Crippen molar-refractivity contribution in [1.29, 1.82) is 0 Å². The van der Waals surface area contributed by atoms with Gasteiger partial charge in [0.1, 0.15) is 4.32 Å². The van der Waals surface area contributed by atoms with Crippen LogP contribution in [0.5, 0.6) is 0 Å². The van der Waals surface area contributed by atoms with E-state index >= 15 is 0 Å². The molecule has 1 unspecified atom stereocenters. The van der Waals surface area contributed by atoms with Gasteiger partial charge in [-0.05, 0) is 27.9 Å². The zero-order valence-electron chi connectivity index (χ0n) is 25.3. The highest BCUT2D eigenvalue weighted by molar-refractivity contribution is 9.10. The minimum atomic E-state index is -2.77. The van der Waals surface area contributed by atoms with Gasteiger partial charge in [-0.15, -0.1) is 0 Å². The Bertz CT molecular complexity index is 1170. The third-order valence-corrected chi connectivity index (χ3v) is 13.8. The van der Waals surface area contributed by atoms with Crippen molar-refractivity contribution in [3.8, 4) is 0 Å². The molecule has 0 aliphatic rings. The standard InChI is InChI=1S/C34H45BrO5Si/c1-25(23-40-41(33(3,4)5,28-19-13-9-14-20-28)29-21-15-10-16-22-29)30(39-24-27-17-11-8-12-18-27)26(2)31(36)34(6,35)32(37)38-7/h8-22,25-26,30-31,36H,23-24H2,1-7H3/t25-,26+,30+,31+,34?/m0/s1. The van der Waals surface area contributed by atoms with Gasteiger partial charge in [0.05, 0.1) is 25.9 Å². The van der Waals surface area contributed by atoms with Crippen LogP contribution < -0.4 is 10.4 Å². The molecule has 0 saturated carbocycles. The fourth-order valence-corrected chi connectivity index (χ4v) is 11.0. The van der Waals surface area contributed by atoms with E-state index in [1.165, 1.54) is 17.5 Å². The lowest BCUT2D eigenvalue weighted by Gasteiger charge is -2.44. The fourth-order valence-electron chi connectivity index (χ4n) is 5.71. The van der Waals surface area contributed by atoms with E-state index in [-0.39, 0.29) is 11.0 Å². The molecule has 0 saturated heterocycles. The van der Waals surface area contributed by atoms with Crippen molar-refractivity contribution < 1.29 is 23.8 Å². The van der Waals surface area contributed by atoms with E-state index in [0.717, 1.165) is 5.56 Å². The molecule has 3 rings (SSSR count). The smallest absolute Gasteiger partial charge is 0.325 e. The lowest BCUT2D eigenvalue weighted by molar-refractivity contribution is -0.149. The summed E-state index contributed by atoms with van der Waals surface area (Å²) in [6.07, 6.45) is -1.48. The molecule has 0 spiro atoms. The number of esters is 1. The number of halogens is 1. The van der Waals surface area contributed by atoms with E-state index in [9.17, 15) is 9.90 Å². The largest absolute Gasteiger partial charge is 0.468 e. The van der Waals surface area contributed by atoms with Crippen LogP contribution >= 0.6 is 15.9 Å². The number of rotatable bonds is 13. The molecule has 3 aromatic rings. The van der Waals surface area contributed by atoms with Crippen LogP contribution in [0.3, 0.4) is 0 Å². The third-order valence-electron chi connectivity index (χ3n) is 7.98. The maximum Gasteiger partial charge on any atom is 0.325 e. The van der Waals surface area contributed by atoms with Crippen LogP contribution in [-0.2, 0) is 25.3 Å². The summed E-state index contributed by atoms with van der Waals surface area (Å²) in [6.45, 7) is 13.2. The Morgan fingerprint density at radius 2 is 1.32 bits per heavy atom. The molecule has 5 atom stereocenters. The molecule has 222 valence electrons. The number of hydrogen-bond acceptors (Lipinski definition) is 5. The van der Waals surface area contributed by atoms with E-state index in [2.05, 4.69) is 92.2 Å². The Labute approximate surface area is 255 Å². The summed E-state index contributed by atoms with van der Waals surface area (Å²) < 4.78 is 17.5. The number of methoxy groups -OCH3 is 1. The van der Waals surface area contributed by atoms with E-state index in [4.69, 9.17) is 13.9 Å². The van der Waals surface area contributed by atoms with Crippen molar-refractivity contribution >= 4 is 40.6 Å². The second-order valence-corrected chi connectivity index (χ2v) is 18.0. The topological polar surface area (TPSA) is 65.0 Å². The van der Waals surface area contributed by atoms with Gasteiger partial charge in [-0.25, -0.2) is 0 Å². The lowest BCUT2D eigenvalue weighted by Crippen LogP contribution is -2.67. The second-order valence-electron chi connectivity index (χ2n) is 12.1. The molecule has 0 aliphatic carbocycles. The van der Waals surface area contributed by atoms with E-state index < -0.39 is 36.7 Å². The van der Waals surface area contributed by atoms with Crippen LogP contribution in [0.25, 0.3) is 0 Å². The number of ether oxygens (including phenoxy) is 2. The van der Waals surface area contributed by atoms with Crippen molar-refractivity contribution in [1.82, 2.24) is 0 Å². The first-order valence-corrected chi connectivity index (χ1v) is 16.9. The van der Waals surface area contributed by atoms with Crippen molar-refractivity contribution in [2.24, 2.45) is 11.8 Å². The van der Waals surface area contributed by atoms with Gasteiger partial charge in [-0.3, -0.25) is 4.79 Å². The number of aliphatic hydroxyl groups is 1. The van der Waals surface area contributed by atoms with Crippen molar-refractivity contribution in [3.05, 3.63) is 96.6 Å². The molecular weight excluding hydrogens is 596 g/mol. The van der Waals surface area contributed by atoms with Gasteiger partial charge in [-0.2, -0.15) is 0 Å². The zero-order chi connectivity index (χ0) is 30.3. The Hall–Kier alpha value is -2.29. The molecular formula is C34H45BrO5Si. The first kappa shape index (κ1) is 33.2. The molecule has 7 heteroatoms. The quantitative estimate of drug-likeness (QED) is 0.139.